The molecule has 3 heterocycles. The number of methoxy groups -OCH3 is 3. The van der Waals surface area contributed by atoms with Crippen LogP contribution in [0.5, 0.6) is 0 Å². The molecule has 6 rings (SSSR count). The number of ketones is 2. The van der Waals surface area contributed by atoms with E-state index in [1.54, 1.807) is 21.3 Å². The molecule has 312 valence electrons. The average molecular weight is 777 g/mol. The number of rotatable bonds is 10. The summed E-state index contributed by atoms with van der Waals surface area (Å²) in [7, 11) is 10.8. The quantitative estimate of drug-likeness (QED) is 0.319. The Morgan fingerprint density at radius 2 is 1.56 bits per heavy atom. The summed E-state index contributed by atoms with van der Waals surface area (Å²) in [5.74, 6) is -2.14. The van der Waals surface area contributed by atoms with Crippen molar-refractivity contribution < 1.29 is 52.3 Å². The maximum atomic E-state index is 14.8. The highest BCUT2D eigenvalue weighted by molar-refractivity contribution is 6.01. The number of ether oxygens (including phenoxy) is 8. The van der Waals surface area contributed by atoms with Crippen LogP contribution < -0.4 is 5.32 Å². The summed E-state index contributed by atoms with van der Waals surface area (Å²) >= 11 is 0. The van der Waals surface area contributed by atoms with Crippen molar-refractivity contribution in [2.45, 2.75) is 159 Å². The van der Waals surface area contributed by atoms with Crippen LogP contribution >= 0.6 is 0 Å². The van der Waals surface area contributed by atoms with Crippen molar-refractivity contribution in [1.82, 2.24) is 10.2 Å². The molecule has 0 bridgehead atoms. The first kappa shape index (κ1) is 42.8. The number of hydrogen-bond acceptors (Lipinski definition) is 13. The SMILES string of the molecule is CC[C@H]1CCC[C@H](O[C@H]2CC[C@H](N(C)C)C(C)O2)[C@@H](C)C(=O)C2=C[C@H]3[C@@H]4C[C@H](O[C@@H]5OC(C)[C@H](OC)C(OC)[C@@H]5OC)C[C@H]4C(NC)C(=O)[C@H]3[C@@H]2CC(=O)O1. The predicted octanol–water partition coefficient (Wildman–Crippen LogP) is 4.09. The number of likely N-dealkylation sites (N-methyl/N-ethyl adjacent to an activating group) is 2. The molecule has 3 saturated heterocycles. The molecule has 0 radical (unpaired) electrons. The molecule has 3 aliphatic carbocycles. The van der Waals surface area contributed by atoms with Gasteiger partial charge < -0.3 is 48.1 Å². The molecule has 0 amide bonds. The summed E-state index contributed by atoms with van der Waals surface area (Å²) < 4.78 is 49.6. The van der Waals surface area contributed by atoms with Crippen LogP contribution in [0.15, 0.2) is 11.6 Å². The third-order valence-corrected chi connectivity index (χ3v) is 14.0. The molecule has 13 heteroatoms. The molecule has 0 aromatic heterocycles. The Bertz CT molecular complexity index is 1380. The van der Waals surface area contributed by atoms with Gasteiger partial charge in [-0.25, -0.2) is 0 Å². The summed E-state index contributed by atoms with van der Waals surface area (Å²) in [6.45, 7) is 7.99. The van der Waals surface area contributed by atoms with Crippen LogP contribution in [0.2, 0.25) is 0 Å². The number of carbonyl (C=O) groups is 3. The van der Waals surface area contributed by atoms with Crippen LogP contribution in [0.3, 0.4) is 0 Å². The highest BCUT2D eigenvalue weighted by Gasteiger charge is 2.59. The maximum Gasteiger partial charge on any atom is 0.306 e. The number of cyclic esters (lactones) is 1. The lowest BCUT2D eigenvalue weighted by Gasteiger charge is -2.44. The fraction of sp³-hybridized carbons (Fsp3) is 0.881. The van der Waals surface area contributed by atoms with E-state index in [0.29, 0.717) is 43.7 Å². The van der Waals surface area contributed by atoms with Crippen LogP contribution in [-0.2, 0) is 52.3 Å². The summed E-state index contributed by atoms with van der Waals surface area (Å²) in [5.41, 5.74) is 0.568. The van der Waals surface area contributed by atoms with E-state index >= 15 is 0 Å². The fourth-order valence-corrected chi connectivity index (χ4v) is 11.1. The van der Waals surface area contributed by atoms with E-state index in [1.807, 2.05) is 33.9 Å². The number of nitrogens with one attached hydrogen (secondary N) is 1. The van der Waals surface area contributed by atoms with E-state index in [4.69, 9.17) is 37.9 Å². The van der Waals surface area contributed by atoms with Crippen molar-refractivity contribution in [3.63, 3.8) is 0 Å². The molecule has 5 fully saturated rings. The minimum Gasteiger partial charge on any atom is -0.462 e. The van der Waals surface area contributed by atoms with Gasteiger partial charge in [0.25, 0.3) is 0 Å². The van der Waals surface area contributed by atoms with E-state index in [1.165, 1.54) is 0 Å². The molecule has 0 aromatic carbocycles. The highest BCUT2D eigenvalue weighted by atomic mass is 16.7. The summed E-state index contributed by atoms with van der Waals surface area (Å²) in [6.07, 6.45) is 4.35. The van der Waals surface area contributed by atoms with Crippen LogP contribution in [0.1, 0.15) is 85.5 Å². The predicted molar refractivity (Wildman–Crippen MR) is 203 cm³/mol. The third-order valence-electron chi connectivity index (χ3n) is 14.0. The minimum absolute atomic E-state index is 0.00429. The second-order valence-electron chi connectivity index (χ2n) is 17.2. The van der Waals surface area contributed by atoms with Gasteiger partial charge in [-0.15, -0.1) is 0 Å². The van der Waals surface area contributed by atoms with Crippen molar-refractivity contribution in [3.05, 3.63) is 11.6 Å². The van der Waals surface area contributed by atoms with Crippen molar-refractivity contribution in [1.29, 1.82) is 0 Å². The van der Waals surface area contributed by atoms with Gasteiger partial charge in [0.2, 0.25) is 0 Å². The molecule has 1 N–H and O–H groups in total. The molecule has 0 aromatic rings. The summed E-state index contributed by atoms with van der Waals surface area (Å²) in [4.78, 5) is 45.3. The lowest BCUT2D eigenvalue weighted by Crippen LogP contribution is -2.59. The Balaban J connectivity index is 1.27. The lowest BCUT2D eigenvalue weighted by molar-refractivity contribution is -0.314. The first-order valence-corrected chi connectivity index (χ1v) is 20.9. The normalized spacial score (nSPS) is 45.6. The molecule has 3 aliphatic heterocycles. The van der Waals surface area contributed by atoms with Gasteiger partial charge in [0, 0.05) is 45.1 Å². The number of hydrogen-bond donors (Lipinski definition) is 1. The average Bonchev–Trinajstić information content (AvgIpc) is 3.74. The van der Waals surface area contributed by atoms with E-state index in [-0.39, 0.29) is 78.3 Å². The Morgan fingerprint density at radius 3 is 2.20 bits per heavy atom. The highest BCUT2D eigenvalue weighted by Crippen LogP contribution is 2.56. The number of esters is 1. The van der Waals surface area contributed by atoms with E-state index in [2.05, 4.69) is 31.2 Å². The first-order valence-electron chi connectivity index (χ1n) is 20.9. The molecule has 55 heavy (non-hydrogen) atoms. The molecule has 13 nitrogen and oxygen atoms in total. The van der Waals surface area contributed by atoms with E-state index in [0.717, 1.165) is 19.3 Å². The number of allylic oxidation sites excluding steroid dienone is 2. The second-order valence-corrected chi connectivity index (χ2v) is 17.2. The number of nitrogens with zero attached hydrogens (tertiary/aromatic N) is 1. The van der Waals surface area contributed by atoms with Crippen molar-refractivity contribution in [2.75, 3.05) is 42.5 Å². The van der Waals surface area contributed by atoms with Gasteiger partial charge >= 0.3 is 5.97 Å². The smallest absolute Gasteiger partial charge is 0.306 e. The van der Waals surface area contributed by atoms with Gasteiger partial charge in [-0.3, -0.25) is 14.4 Å². The first-order chi connectivity index (χ1) is 26.3. The number of Topliss-reactive ketones (excluding diaryl/α,β-unsaturated/α-hetero) is 2. The zero-order valence-corrected chi connectivity index (χ0v) is 34.8. The summed E-state index contributed by atoms with van der Waals surface area (Å²) in [5, 5.41) is 3.34. The second kappa shape index (κ2) is 18.4. The molecular weight excluding hydrogens is 708 g/mol. The Morgan fingerprint density at radius 1 is 0.855 bits per heavy atom. The van der Waals surface area contributed by atoms with Crippen LogP contribution in [0, 0.1) is 35.5 Å². The van der Waals surface area contributed by atoms with Crippen LogP contribution in [0.4, 0.5) is 0 Å². The van der Waals surface area contributed by atoms with E-state index < -0.39 is 48.6 Å². The maximum absolute atomic E-state index is 14.8. The largest absolute Gasteiger partial charge is 0.462 e. The Labute approximate surface area is 328 Å². The monoisotopic (exact) mass is 776 g/mol. The van der Waals surface area contributed by atoms with Gasteiger partial charge in [-0.05, 0) is 110 Å². The van der Waals surface area contributed by atoms with Gasteiger partial charge in [-0.1, -0.05) is 19.9 Å². The number of carbonyl (C=O) groups excluding carboxylic acids is 3. The molecule has 0 spiro atoms. The van der Waals surface area contributed by atoms with Gasteiger partial charge in [0.05, 0.1) is 36.9 Å². The fourth-order valence-electron chi connectivity index (χ4n) is 11.1. The van der Waals surface area contributed by atoms with Gasteiger partial charge in [-0.2, -0.15) is 0 Å². The molecule has 18 atom stereocenters. The Hall–Kier alpha value is -1.81. The Kier molecular flexibility index (Phi) is 14.3. The van der Waals surface area contributed by atoms with Crippen molar-refractivity contribution >= 4 is 17.5 Å². The third kappa shape index (κ3) is 8.66. The molecule has 6 aliphatic rings. The summed E-state index contributed by atoms with van der Waals surface area (Å²) in [6, 6.07) is -0.140. The van der Waals surface area contributed by atoms with Crippen molar-refractivity contribution in [3.8, 4) is 0 Å². The molecular formula is C42H68N2O11. The molecule has 2 saturated carbocycles. The lowest BCUT2D eigenvalue weighted by atomic mass is 9.63. The zero-order chi connectivity index (χ0) is 39.7. The standard InChI is InChI=1S/C42H68N2O11/c1-11-24-13-12-14-32(55-34-16-15-31(44(6)7)22(3)51-34)21(2)37(46)30-19-27-26-17-25(54-42-41(50-10)40(49-9)39(48-8)23(4)52-42)18-29(26)36(43-5)38(47)35(27)28(30)20-33(45)53-24/h19,21-29,31-32,34-36,39-43H,11-18,20H2,1-10H3/t21-,22?,23?,24+,25+,26+,27+,28-,29-,31+,32+,34+,35-,36?,39+,40?,41+,42+/m1/s1. The minimum atomic E-state index is -0.691. The zero-order valence-electron chi connectivity index (χ0n) is 34.8. The van der Waals surface area contributed by atoms with Crippen molar-refractivity contribution in [2.24, 2.45) is 35.5 Å². The van der Waals surface area contributed by atoms with Gasteiger partial charge in [0.15, 0.2) is 24.1 Å². The molecule has 4 unspecified atom stereocenters. The number of fused-ring (bicyclic) bond motifs is 5. The topological polar surface area (TPSA) is 140 Å². The van der Waals surface area contributed by atoms with Crippen LogP contribution in [-0.4, -0.2) is 138 Å². The van der Waals surface area contributed by atoms with E-state index in [9.17, 15) is 14.4 Å². The van der Waals surface area contributed by atoms with Gasteiger partial charge in [0.1, 0.15) is 24.4 Å². The van der Waals surface area contributed by atoms with Crippen LogP contribution in [0.25, 0.3) is 0 Å².